The molecule has 2 aromatic rings. The van der Waals surface area contributed by atoms with Crippen LogP contribution in [0.5, 0.6) is 0 Å². The quantitative estimate of drug-likeness (QED) is 0.758. The van der Waals surface area contributed by atoms with Crippen LogP contribution in [0.3, 0.4) is 0 Å². The van der Waals surface area contributed by atoms with Gasteiger partial charge >= 0.3 is 0 Å². The molecule has 0 radical (unpaired) electrons. The highest BCUT2D eigenvalue weighted by Crippen LogP contribution is 2.24. The number of nitrogens with one attached hydrogen (secondary N) is 1. The molecule has 144 valence electrons. The van der Waals surface area contributed by atoms with E-state index in [-0.39, 0.29) is 10.8 Å². The summed E-state index contributed by atoms with van der Waals surface area (Å²) in [5.41, 5.74) is 1.56. The summed E-state index contributed by atoms with van der Waals surface area (Å²) in [5.74, 6) is -0.569. The highest BCUT2D eigenvalue weighted by Gasteiger charge is 2.15. The van der Waals surface area contributed by atoms with Gasteiger partial charge in [0.05, 0.1) is 22.5 Å². The zero-order chi connectivity index (χ0) is 20.2. The molecular weight excluding hydrogens is 370 g/mol. The Bertz CT molecular complexity index is 975. The van der Waals surface area contributed by atoms with Crippen LogP contribution in [0, 0.1) is 5.92 Å². The fraction of sp³-hybridized carbons (Fsp3) is 0.353. The lowest BCUT2D eigenvalue weighted by Gasteiger charge is -2.04. The van der Waals surface area contributed by atoms with Crippen molar-refractivity contribution in [3.63, 3.8) is 0 Å². The van der Waals surface area contributed by atoms with Crippen molar-refractivity contribution >= 4 is 33.2 Å². The Kier molecular flexibility index (Phi) is 6.21. The second kappa shape index (κ2) is 8.21. The number of carbonyl (C=O) groups excluding carboxylic acids is 2. The van der Waals surface area contributed by atoms with Crippen molar-refractivity contribution in [2.45, 2.75) is 39.0 Å². The predicted octanol–water partition coefficient (Wildman–Crippen LogP) is 2.98. The average molecular weight is 391 g/mol. The molecule has 0 bridgehead atoms. The van der Waals surface area contributed by atoms with Crippen LogP contribution in [0.1, 0.15) is 38.2 Å². The minimum atomic E-state index is -3.89. The number of hydrogen-bond donors (Lipinski definition) is 1. The van der Waals surface area contributed by atoms with Crippen LogP contribution in [0.2, 0.25) is 0 Å². The third kappa shape index (κ3) is 5.55. The van der Waals surface area contributed by atoms with Gasteiger partial charge in [-0.1, -0.05) is 13.8 Å². The van der Waals surface area contributed by atoms with Gasteiger partial charge in [-0.25, -0.2) is 17.8 Å². The first kappa shape index (κ1) is 20.4. The predicted molar refractivity (Wildman–Crippen MR) is 98.7 cm³/mol. The van der Waals surface area contributed by atoms with E-state index < -0.39 is 15.9 Å². The van der Waals surface area contributed by atoms with Crippen molar-refractivity contribution in [1.29, 1.82) is 0 Å². The summed E-state index contributed by atoms with van der Waals surface area (Å²) in [6.07, 6.45) is 2.15. The molecule has 0 saturated heterocycles. The van der Waals surface area contributed by atoms with Crippen molar-refractivity contribution < 1.29 is 18.0 Å². The van der Waals surface area contributed by atoms with Crippen molar-refractivity contribution in [1.82, 2.24) is 14.5 Å². The molecule has 0 aliphatic rings. The van der Waals surface area contributed by atoms with Crippen LogP contribution in [-0.2, 0) is 21.2 Å². The van der Waals surface area contributed by atoms with Gasteiger partial charge in [0.15, 0.2) is 0 Å². The van der Waals surface area contributed by atoms with E-state index in [4.69, 9.17) is 0 Å². The van der Waals surface area contributed by atoms with Gasteiger partial charge in [-0.3, -0.25) is 9.59 Å². The first-order chi connectivity index (χ1) is 12.6. The monoisotopic (exact) mass is 391 g/mol. The number of aromatic nitrogens is 2. The van der Waals surface area contributed by atoms with Gasteiger partial charge in [0.1, 0.15) is 5.69 Å². The number of azo groups is 1. The van der Waals surface area contributed by atoms with Crippen LogP contribution >= 0.6 is 0 Å². The Hall–Kier alpha value is -2.88. The van der Waals surface area contributed by atoms with Gasteiger partial charge in [-0.05, 0) is 36.6 Å². The van der Waals surface area contributed by atoms with Gasteiger partial charge in [-0.2, -0.15) is 10.2 Å². The SMILES string of the molecule is CC(=O)NS(=O)(=O)c1ccc(N=Nc2cn(C(C)=O)nc2CC(C)C)cc1. The molecule has 0 unspecified atom stereocenters. The van der Waals surface area contributed by atoms with Crippen molar-refractivity contribution in [2.24, 2.45) is 16.1 Å². The van der Waals surface area contributed by atoms with E-state index in [1.807, 2.05) is 18.6 Å². The molecule has 0 spiro atoms. The standard InChI is InChI=1S/C17H21N5O4S/c1-11(2)9-16-17(10-22(20-16)13(4)24)19-18-14-5-7-15(8-6-14)27(25,26)21-12(3)23/h5-8,10-11H,9H2,1-4H3,(H,21,23). The molecule has 27 heavy (non-hydrogen) atoms. The number of carbonyl (C=O) groups is 2. The molecule has 1 aromatic heterocycles. The maximum Gasteiger partial charge on any atom is 0.264 e. The maximum absolute atomic E-state index is 11.9. The summed E-state index contributed by atoms with van der Waals surface area (Å²) >= 11 is 0. The van der Waals surface area contributed by atoms with Gasteiger partial charge < -0.3 is 0 Å². The topological polar surface area (TPSA) is 123 Å². The van der Waals surface area contributed by atoms with Crippen molar-refractivity contribution in [3.05, 3.63) is 36.2 Å². The Morgan fingerprint density at radius 2 is 1.78 bits per heavy atom. The van der Waals surface area contributed by atoms with Crippen LogP contribution in [0.4, 0.5) is 11.4 Å². The molecule has 1 amide bonds. The first-order valence-electron chi connectivity index (χ1n) is 8.23. The number of sulfonamides is 1. The van der Waals surface area contributed by atoms with Gasteiger partial charge in [-0.15, -0.1) is 5.11 Å². The third-order valence-electron chi connectivity index (χ3n) is 3.39. The molecule has 9 nitrogen and oxygen atoms in total. The Balaban J connectivity index is 2.25. The molecule has 1 aromatic carbocycles. The number of benzene rings is 1. The second-order valence-corrected chi connectivity index (χ2v) is 8.06. The van der Waals surface area contributed by atoms with E-state index >= 15 is 0 Å². The normalized spacial score (nSPS) is 11.9. The molecule has 0 fully saturated rings. The lowest BCUT2D eigenvalue weighted by atomic mass is 10.1. The summed E-state index contributed by atoms with van der Waals surface area (Å²) in [6, 6.07) is 5.59. The Labute approximate surface area is 157 Å². The van der Waals surface area contributed by atoms with Gasteiger partial charge in [0.2, 0.25) is 11.8 Å². The molecule has 2 rings (SSSR count). The van der Waals surface area contributed by atoms with E-state index in [9.17, 15) is 18.0 Å². The zero-order valence-corrected chi connectivity index (χ0v) is 16.3. The highest BCUT2D eigenvalue weighted by molar-refractivity contribution is 7.90. The van der Waals surface area contributed by atoms with E-state index in [0.29, 0.717) is 29.4 Å². The lowest BCUT2D eigenvalue weighted by Crippen LogP contribution is -2.28. The largest absolute Gasteiger partial charge is 0.274 e. The van der Waals surface area contributed by atoms with E-state index in [1.54, 1.807) is 0 Å². The number of amides is 1. The van der Waals surface area contributed by atoms with Crippen molar-refractivity contribution in [3.8, 4) is 0 Å². The number of nitrogens with zero attached hydrogens (tertiary/aromatic N) is 4. The van der Waals surface area contributed by atoms with E-state index in [1.165, 1.54) is 42.1 Å². The average Bonchev–Trinajstić information content (AvgIpc) is 2.94. The Morgan fingerprint density at radius 3 is 2.30 bits per heavy atom. The molecule has 0 aliphatic carbocycles. The van der Waals surface area contributed by atoms with E-state index in [2.05, 4.69) is 15.3 Å². The summed E-state index contributed by atoms with van der Waals surface area (Å²) in [5, 5.41) is 12.5. The summed E-state index contributed by atoms with van der Waals surface area (Å²) in [4.78, 5) is 22.4. The summed E-state index contributed by atoms with van der Waals surface area (Å²) in [6.45, 7) is 6.58. The molecule has 10 heteroatoms. The molecule has 1 N–H and O–H groups in total. The fourth-order valence-electron chi connectivity index (χ4n) is 2.23. The second-order valence-electron chi connectivity index (χ2n) is 6.38. The summed E-state index contributed by atoms with van der Waals surface area (Å²) in [7, 11) is -3.89. The maximum atomic E-state index is 11.9. The zero-order valence-electron chi connectivity index (χ0n) is 15.5. The highest BCUT2D eigenvalue weighted by atomic mass is 32.2. The van der Waals surface area contributed by atoms with Crippen molar-refractivity contribution in [2.75, 3.05) is 0 Å². The molecule has 0 atom stereocenters. The molecule has 0 aliphatic heterocycles. The van der Waals surface area contributed by atoms with Crippen LogP contribution in [0.15, 0.2) is 45.6 Å². The Morgan fingerprint density at radius 1 is 1.15 bits per heavy atom. The number of rotatable bonds is 6. The summed E-state index contributed by atoms with van der Waals surface area (Å²) < 4.78 is 26.9. The van der Waals surface area contributed by atoms with Gasteiger partial charge in [0.25, 0.3) is 10.0 Å². The first-order valence-corrected chi connectivity index (χ1v) is 9.71. The minimum Gasteiger partial charge on any atom is -0.274 e. The molecule has 1 heterocycles. The molecular formula is C17H21N5O4S. The number of hydrogen-bond acceptors (Lipinski definition) is 7. The third-order valence-corrected chi connectivity index (χ3v) is 4.84. The molecule has 0 saturated carbocycles. The van der Waals surface area contributed by atoms with Crippen LogP contribution in [-0.4, -0.2) is 30.0 Å². The van der Waals surface area contributed by atoms with Gasteiger partial charge in [0, 0.05) is 13.8 Å². The van der Waals surface area contributed by atoms with E-state index in [0.717, 1.165) is 6.92 Å². The minimum absolute atomic E-state index is 0.0541. The fourth-order valence-corrected chi connectivity index (χ4v) is 3.22. The smallest absolute Gasteiger partial charge is 0.264 e. The van der Waals surface area contributed by atoms with Crippen LogP contribution < -0.4 is 4.72 Å². The van der Waals surface area contributed by atoms with Crippen LogP contribution in [0.25, 0.3) is 0 Å². The lowest BCUT2D eigenvalue weighted by molar-refractivity contribution is -0.117.